The number of nitrogens with two attached hydrogens (primary N) is 1. The van der Waals surface area contributed by atoms with Gasteiger partial charge >= 0.3 is 0 Å². The minimum atomic E-state index is -0.236. The van der Waals surface area contributed by atoms with Gasteiger partial charge in [0.25, 0.3) is 0 Å². The maximum atomic E-state index is 11.3. The minimum absolute atomic E-state index is 0.000349. The fourth-order valence-corrected chi connectivity index (χ4v) is 2.74. The second-order valence-corrected chi connectivity index (χ2v) is 5.53. The summed E-state index contributed by atoms with van der Waals surface area (Å²) in [6, 6.07) is 5.78. The average molecular weight is 313 g/mol. The molecule has 18 heavy (non-hydrogen) atoms. The van der Waals surface area contributed by atoms with Gasteiger partial charge in [-0.15, -0.1) is 0 Å². The van der Waals surface area contributed by atoms with Gasteiger partial charge in [-0.2, -0.15) is 0 Å². The monoisotopic (exact) mass is 312 g/mol. The molecular formula is C13H17BrN2O2. The third kappa shape index (κ3) is 2.84. The third-order valence-electron chi connectivity index (χ3n) is 3.38. The predicted octanol–water partition coefficient (Wildman–Crippen LogP) is 1.64. The van der Waals surface area contributed by atoms with Crippen LogP contribution in [0.2, 0.25) is 0 Å². The SMILES string of the molecule is NC(=O)C1CCCN(c2cc(Br)ccc2CO)C1. The number of amides is 1. The van der Waals surface area contributed by atoms with Gasteiger partial charge in [0, 0.05) is 28.8 Å². The molecule has 1 unspecified atom stereocenters. The van der Waals surface area contributed by atoms with Gasteiger partial charge in [0.05, 0.1) is 12.5 Å². The van der Waals surface area contributed by atoms with E-state index in [1.807, 2.05) is 18.2 Å². The predicted molar refractivity (Wildman–Crippen MR) is 74.2 cm³/mol. The molecule has 0 bridgehead atoms. The second kappa shape index (κ2) is 5.71. The van der Waals surface area contributed by atoms with Crippen LogP contribution in [0, 0.1) is 5.92 Å². The number of aliphatic hydroxyl groups is 1. The van der Waals surface area contributed by atoms with Crippen LogP contribution in [0.1, 0.15) is 18.4 Å². The van der Waals surface area contributed by atoms with Gasteiger partial charge in [0.1, 0.15) is 0 Å². The van der Waals surface area contributed by atoms with Gasteiger partial charge in [-0.1, -0.05) is 22.0 Å². The Hall–Kier alpha value is -1.07. The number of benzene rings is 1. The quantitative estimate of drug-likeness (QED) is 0.891. The number of carbonyl (C=O) groups excluding carboxylic acids is 1. The topological polar surface area (TPSA) is 66.6 Å². The lowest BCUT2D eigenvalue weighted by molar-refractivity contribution is -0.122. The van der Waals surface area contributed by atoms with E-state index in [2.05, 4.69) is 20.8 Å². The number of piperidine rings is 1. The zero-order valence-electron chi connectivity index (χ0n) is 10.1. The summed E-state index contributed by atoms with van der Waals surface area (Å²) in [7, 11) is 0. The summed E-state index contributed by atoms with van der Waals surface area (Å²) in [6.07, 6.45) is 1.80. The maximum absolute atomic E-state index is 11.3. The Bertz CT molecular complexity index is 451. The summed E-state index contributed by atoms with van der Waals surface area (Å²) >= 11 is 3.44. The van der Waals surface area contributed by atoms with Crippen LogP contribution in [0.4, 0.5) is 5.69 Å². The van der Waals surface area contributed by atoms with Crippen molar-refractivity contribution < 1.29 is 9.90 Å². The summed E-state index contributed by atoms with van der Waals surface area (Å²) in [5, 5.41) is 9.38. The summed E-state index contributed by atoms with van der Waals surface area (Å²) in [5.41, 5.74) is 7.25. The first-order valence-corrected chi connectivity index (χ1v) is 6.84. The number of nitrogens with zero attached hydrogens (tertiary/aromatic N) is 1. The van der Waals surface area contributed by atoms with Gasteiger partial charge < -0.3 is 15.7 Å². The summed E-state index contributed by atoms with van der Waals surface area (Å²) in [4.78, 5) is 13.4. The van der Waals surface area contributed by atoms with Crippen molar-refractivity contribution in [3.63, 3.8) is 0 Å². The molecule has 3 N–H and O–H groups in total. The van der Waals surface area contributed by atoms with E-state index in [1.54, 1.807) is 0 Å². The van der Waals surface area contributed by atoms with Crippen molar-refractivity contribution in [1.29, 1.82) is 0 Å². The fraction of sp³-hybridized carbons (Fsp3) is 0.462. The molecule has 0 radical (unpaired) electrons. The number of halogens is 1. The van der Waals surface area contributed by atoms with E-state index in [9.17, 15) is 9.90 Å². The molecule has 1 amide bonds. The Kier molecular flexibility index (Phi) is 4.24. The Morgan fingerprint density at radius 2 is 2.33 bits per heavy atom. The van der Waals surface area contributed by atoms with Crippen molar-refractivity contribution in [3.05, 3.63) is 28.2 Å². The largest absolute Gasteiger partial charge is 0.392 e. The van der Waals surface area contributed by atoms with Crippen molar-refractivity contribution in [2.24, 2.45) is 11.7 Å². The van der Waals surface area contributed by atoms with E-state index < -0.39 is 0 Å². The van der Waals surface area contributed by atoms with Crippen LogP contribution in [0.25, 0.3) is 0 Å². The molecule has 0 aliphatic carbocycles. The number of rotatable bonds is 3. The Morgan fingerprint density at radius 3 is 3.00 bits per heavy atom. The first-order valence-electron chi connectivity index (χ1n) is 6.05. The zero-order chi connectivity index (χ0) is 13.1. The number of primary amides is 1. The van der Waals surface area contributed by atoms with E-state index in [0.29, 0.717) is 6.54 Å². The molecular weight excluding hydrogens is 296 g/mol. The lowest BCUT2D eigenvalue weighted by Gasteiger charge is -2.34. The van der Waals surface area contributed by atoms with E-state index >= 15 is 0 Å². The lowest BCUT2D eigenvalue weighted by Crippen LogP contribution is -2.41. The summed E-state index contributed by atoms with van der Waals surface area (Å²) in [6.45, 7) is 1.53. The van der Waals surface area contributed by atoms with Crippen LogP contribution >= 0.6 is 15.9 Å². The fourth-order valence-electron chi connectivity index (χ4n) is 2.39. The normalized spacial score (nSPS) is 19.9. The molecule has 1 aliphatic heterocycles. The summed E-state index contributed by atoms with van der Waals surface area (Å²) < 4.78 is 0.968. The highest BCUT2D eigenvalue weighted by molar-refractivity contribution is 9.10. The molecule has 0 aromatic heterocycles. The average Bonchev–Trinajstić information content (AvgIpc) is 2.39. The van der Waals surface area contributed by atoms with Crippen molar-refractivity contribution in [3.8, 4) is 0 Å². The molecule has 98 valence electrons. The molecule has 1 aromatic rings. The molecule has 5 heteroatoms. The maximum Gasteiger partial charge on any atom is 0.222 e. The van der Waals surface area contributed by atoms with Crippen LogP contribution in [-0.4, -0.2) is 24.1 Å². The van der Waals surface area contributed by atoms with E-state index in [1.165, 1.54) is 0 Å². The van der Waals surface area contributed by atoms with Gasteiger partial charge in [-0.25, -0.2) is 0 Å². The van der Waals surface area contributed by atoms with Crippen LogP contribution in [-0.2, 0) is 11.4 Å². The molecule has 1 aromatic carbocycles. The first-order chi connectivity index (χ1) is 8.61. The number of carbonyl (C=O) groups is 1. The second-order valence-electron chi connectivity index (χ2n) is 4.62. The van der Waals surface area contributed by atoms with Crippen molar-refractivity contribution in [2.45, 2.75) is 19.4 Å². The molecule has 1 saturated heterocycles. The van der Waals surface area contributed by atoms with Crippen LogP contribution in [0.5, 0.6) is 0 Å². The van der Waals surface area contributed by atoms with Gasteiger partial charge in [-0.05, 0) is 25.0 Å². The number of hydrogen-bond donors (Lipinski definition) is 2. The Balaban J connectivity index is 2.25. The summed E-state index contributed by atoms with van der Waals surface area (Å²) in [5.74, 6) is -0.329. The van der Waals surface area contributed by atoms with Gasteiger partial charge in [0.15, 0.2) is 0 Å². The molecule has 0 spiro atoms. The number of aliphatic hydroxyl groups excluding tert-OH is 1. The minimum Gasteiger partial charge on any atom is -0.392 e. The van der Waals surface area contributed by atoms with Crippen molar-refractivity contribution in [1.82, 2.24) is 0 Å². The van der Waals surface area contributed by atoms with Crippen LogP contribution in [0.3, 0.4) is 0 Å². The van der Waals surface area contributed by atoms with Gasteiger partial charge in [-0.3, -0.25) is 4.79 Å². The number of hydrogen-bond acceptors (Lipinski definition) is 3. The highest BCUT2D eigenvalue weighted by Gasteiger charge is 2.25. The molecule has 1 fully saturated rings. The van der Waals surface area contributed by atoms with E-state index in [-0.39, 0.29) is 18.4 Å². The van der Waals surface area contributed by atoms with Gasteiger partial charge in [0.2, 0.25) is 5.91 Å². The third-order valence-corrected chi connectivity index (χ3v) is 3.88. The molecule has 2 rings (SSSR count). The Labute approximate surface area is 115 Å². The van der Waals surface area contributed by atoms with Crippen molar-refractivity contribution in [2.75, 3.05) is 18.0 Å². The van der Waals surface area contributed by atoms with Crippen molar-refractivity contribution >= 4 is 27.5 Å². The first kappa shape index (κ1) is 13.4. The molecule has 0 saturated carbocycles. The zero-order valence-corrected chi connectivity index (χ0v) is 11.7. The molecule has 1 heterocycles. The van der Waals surface area contributed by atoms with Crippen LogP contribution in [0.15, 0.2) is 22.7 Å². The molecule has 1 aliphatic rings. The Morgan fingerprint density at radius 1 is 1.56 bits per heavy atom. The highest BCUT2D eigenvalue weighted by atomic mass is 79.9. The van der Waals surface area contributed by atoms with E-state index in [4.69, 9.17) is 5.73 Å². The molecule has 4 nitrogen and oxygen atoms in total. The smallest absolute Gasteiger partial charge is 0.222 e. The lowest BCUT2D eigenvalue weighted by atomic mass is 9.96. The molecule has 1 atom stereocenters. The van der Waals surface area contributed by atoms with Crippen LogP contribution < -0.4 is 10.6 Å². The highest BCUT2D eigenvalue weighted by Crippen LogP contribution is 2.29. The standard InChI is InChI=1S/C13H17BrN2O2/c14-11-4-3-10(8-17)12(6-11)16-5-1-2-9(7-16)13(15)18/h3-4,6,9,17H,1-2,5,7-8H2,(H2,15,18). The number of anilines is 1. The van der Waals surface area contributed by atoms with E-state index in [0.717, 1.165) is 35.1 Å².